The molecule has 0 aliphatic rings. The van der Waals surface area contributed by atoms with Crippen molar-refractivity contribution in [3.63, 3.8) is 0 Å². The number of hydrogen-bond donors (Lipinski definition) is 2. The molecular formula is C20H23FN2O3. The van der Waals surface area contributed by atoms with Crippen LogP contribution in [0.5, 0.6) is 5.75 Å². The number of hydrogen-bond acceptors (Lipinski definition) is 3. The van der Waals surface area contributed by atoms with Gasteiger partial charge in [-0.25, -0.2) is 4.39 Å². The number of halogens is 1. The van der Waals surface area contributed by atoms with E-state index in [0.29, 0.717) is 11.7 Å². The molecule has 0 spiro atoms. The van der Waals surface area contributed by atoms with Gasteiger partial charge >= 0.3 is 0 Å². The highest BCUT2D eigenvalue weighted by atomic mass is 19.1. The van der Waals surface area contributed by atoms with Crippen molar-refractivity contribution < 1.29 is 18.7 Å². The lowest BCUT2D eigenvalue weighted by Crippen LogP contribution is -2.47. The molecule has 26 heavy (non-hydrogen) atoms. The number of amides is 2. The summed E-state index contributed by atoms with van der Waals surface area (Å²) in [4.78, 5) is 24.1. The predicted molar refractivity (Wildman–Crippen MR) is 97.4 cm³/mol. The third kappa shape index (κ3) is 4.81. The van der Waals surface area contributed by atoms with Gasteiger partial charge in [0.05, 0.1) is 5.56 Å². The minimum absolute atomic E-state index is 0.151. The Morgan fingerprint density at radius 3 is 2.38 bits per heavy atom. The maximum atomic E-state index is 13.6. The molecule has 1 atom stereocenters. The van der Waals surface area contributed by atoms with E-state index in [1.807, 2.05) is 25.1 Å². The number of rotatable bonds is 5. The Labute approximate surface area is 152 Å². The van der Waals surface area contributed by atoms with Crippen molar-refractivity contribution >= 4 is 11.8 Å². The topological polar surface area (TPSA) is 67.4 Å². The van der Waals surface area contributed by atoms with E-state index in [1.54, 1.807) is 6.92 Å². The molecule has 0 radical (unpaired) electrons. The van der Waals surface area contributed by atoms with Gasteiger partial charge in [0, 0.05) is 0 Å². The van der Waals surface area contributed by atoms with E-state index in [4.69, 9.17) is 4.74 Å². The summed E-state index contributed by atoms with van der Waals surface area (Å²) in [7, 11) is 0. The van der Waals surface area contributed by atoms with Gasteiger partial charge in [0.15, 0.2) is 6.10 Å². The van der Waals surface area contributed by atoms with E-state index in [-0.39, 0.29) is 5.56 Å². The summed E-state index contributed by atoms with van der Waals surface area (Å²) in [6, 6.07) is 11.4. The lowest BCUT2D eigenvalue weighted by Gasteiger charge is -2.18. The van der Waals surface area contributed by atoms with Gasteiger partial charge in [-0.15, -0.1) is 0 Å². The summed E-state index contributed by atoms with van der Waals surface area (Å²) in [6.07, 6.45) is -0.836. The van der Waals surface area contributed by atoms with Crippen LogP contribution in [0.15, 0.2) is 42.5 Å². The predicted octanol–water partition coefficient (Wildman–Crippen LogP) is 3.49. The number of hydrazine groups is 1. The molecular weight excluding hydrogens is 335 g/mol. The first kappa shape index (κ1) is 19.4. The smallest absolute Gasteiger partial charge is 0.279 e. The van der Waals surface area contributed by atoms with E-state index in [0.717, 1.165) is 11.1 Å². The molecule has 0 aromatic heterocycles. The van der Waals surface area contributed by atoms with E-state index >= 15 is 0 Å². The molecule has 0 aliphatic heterocycles. The molecule has 2 amide bonds. The molecule has 138 valence electrons. The number of benzene rings is 2. The molecule has 2 aromatic rings. The third-order valence-corrected chi connectivity index (χ3v) is 3.97. The average molecular weight is 358 g/mol. The lowest BCUT2D eigenvalue weighted by molar-refractivity contribution is -0.128. The molecule has 0 aliphatic carbocycles. The highest BCUT2D eigenvalue weighted by molar-refractivity contribution is 5.95. The second kappa shape index (κ2) is 8.47. The van der Waals surface area contributed by atoms with Gasteiger partial charge in [0.2, 0.25) is 0 Å². The zero-order valence-corrected chi connectivity index (χ0v) is 15.3. The molecule has 5 nitrogen and oxygen atoms in total. The van der Waals surface area contributed by atoms with Gasteiger partial charge in [-0.05, 0) is 49.1 Å². The lowest BCUT2D eigenvalue weighted by atomic mass is 10.0. The molecule has 0 saturated heterocycles. The van der Waals surface area contributed by atoms with Crippen molar-refractivity contribution in [3.05, 3.63) is 65.0 Å². The Morgan fingerprint density at radius 1 is 1.04 bits per heavy atom. The molecule has 0 bridgehead atoms. The molecule has 0 fully saturated rings. The van der Waals surface area contributed by atoms with E-state index in [9.17, 15) is 14.0 Å². The summed E-state index contributed by atoms with van der Waals surface area (Å²) in [5.41, 5.74) is 6.31. The van der Waals surface area contributed by atoms with Crippen LogP contribution in [-0.4, -0.2) is 17.9 Å². The highest BCUT2D eigenvalue weighted by Gasteiger charge is 2.18. The van der Waals surface area contributed by atoms with Crippen LogP contribution in [0.25, 0.3) is 0 Å². The number of ether oxygens (including phenoxy) is 1. The number of carbonyl (C=O) groups is 2. The monoisotopic (exact) mass is 358 g/mol. The second-order valence-electron chi connectivity index (χ2n) is 6.36. The molecule has 2 aromatic carbocycles. The Bertz CT molecular complexity index is 805. The molecule has 2 rings (SSSR count). The Balaban J connectivity index is 1.97. The van der Waals surface area contributed by atoms with Crippen LogP contribution in [0.2, 0.25) is 0 Å². The van der Waals surface area contributed by atoms with Crippen molar-refractivity contribution in [3.8, 4) is 5.75 Å². The van der Waals surface area contributed by atoms with Crippen LogP contribution in [0.4, 0.5) is 4.39 Å². The molecule has 0 heterocycles. The maximum absolute atomic E-state index is 13.6. The van der Waals surface area contributed by atoms with Gasteiger partial charge in [-0.3, -0.25) is 20.4 Å². The fourth-order valence-electron chi connectivity index (χ4n) is 2.28. The van der Waals surface area contributed by atoms with Gasteiger partial charge in [-0.1, -0.05) is 38.1 Å². The summed E-state index contributed by atoms with van der Waals surface area (Å²) < 4.78 is 19.3. The zero-order valence-electron chi connectivity index (χ0n) is 15.3. The van der Waals surface area contributed by atoms with E-state index in [2.05, 4.69) is 24.7 Å². The summed E-state index contributed by atoms with van der Waals surface area (Å²) in [5.74, 6) is -0.989. The van der Waals surface area contributed by atoms with Crippen molar-refractivity contribution in [1.82, 2.24) is 10.9 Å². The number of aryl methyl sites for hydroxylation is 1. The van der Waals surface area contributed by atoms with Crippen LogP contribution in [0, 0.1) is 12.7 Å². The van der Waals surface area contributed by atoms with E-state index < -0.39 is 23.7 Å². The van der Waals surface area contributed by atoms with Crippen LogP contribution < -0.4 is 15.6 Å². The van der Waals surface area contributed by atoms with Crippen LogP contribution in [-0.2, 0) is 4.79 Å². The SMILES string of the molecule is Cc1ccc(C(C)C)cc1O[C@H](C)C(=O)NNC(=O)c1ccccc1F. The minimum atomic E-state index is -0.836. The van der Waals surface area contributed by atoms with Gasteiger partial charge in [0.1, 0.15) is 11.6 Å². The molecule has 2 N–H and O–H groups in total. The van der Waals surface area contributed by atoms with Crippen molar-refractivity contribution in [1.29, 1.82) is 0 Å². The van der Waals surface area contributed by atoms with Crippen molar-refractivity contribution in [2.75, 3.05) is 0 Å². The largest absolute Gasteiger partial charge is 0.481 e. The summed E-state index contributed by atoms with van der Waals surface area (Å²) in [5, 5.41) is 0. The summed E-state index contributed by atoms with van der Waals surface area (Å²) in [6.45, 7) is 7.61. The van der Waals surface area contributed by atoms with Gasteiger partial charge in [-0.2, -0.15) is 0 Å². The maximum Gasteiger partial charge on any atom is 0.279 e. The molecule has 0 saturated carbocycles. The second-order valence-corrected chi connectivity index (χ2v) is 6.36. The highest BCUT2D eigenvalue weighted by Crippen LogP contribution is 2.25. The third-order valence-electron chi connectivity index (χ3n) is 3.97. The quantitative estimate of drug-likeness (QED) is 0.804. The van der Waals surface area contributed by atoms with E-state index in [1.165, 1.54) is 24.3 Å². The fourth-order valence-corrected chi connectivity index (χ4v) is 2.28. The summed E-state index contributed by atoms with van der Waals surface area (Å²) >= 11 is 0. The zero-order chi connectivity index (χ0) is 19.3. The Kier molecular flexibility index (Phi) is 6.33. The standard InChI is InChI=1S/C20H23FN2O3/c1-12(2)15-10-9-13(3)18(11-15)26-14(4)19(24)22-23-20(25)16-7-5-6-8-17(16)21/h5-12,14H,1-4H3,(H,22,24)(H,23,25)/t14-/m1/s1. The normalized spacial score (nSPS) is 11.8. The van der Waals surface area contributed by atoms with Crippen molar-refractivity contribution in [2.24, 2.45) is 0 Å². The van der Waals surface area contributed by atoms with Crippen LogP contribution in [0.1, 0.15) is 48.2 Å². The Morgan fingerprint density at radius 2 is 1.73 bits per heavy atom. The molecule has 6 heteroatoms. The minimum Gasteiger partial charge on any atom is -0.481 e. The van der Waals surface area contributed by atoms with Gasteiger partial charge < -0.3 is 4.74 Å². The number of nitrogens with one attached hydrogen (secondary N) is 2. The van der Waals surface area contributed by atoms with Crippen LogP contribution >= 0.6 is 0 Å². The Hall–Kier alpha value is -2.89. The fraction of sp³-hybridized carbons (Fsp3) is 0.300. The average Bonchev–Trinajstić information content (AvgIpc) is 2.61. The first-order valence-electron chi connectivity index (χ1n) is 8.41. The van der Waals surface area contributed by atoms with Crippen LogP contribution in [0.3, 0.4) is 0 Å². The first-order valence-corrected chi connectivity index (χ1v) is 8.41. The first-order chi connectivity index (χ1) is 12.3. The van der Waals surface area contributed by atoms with Gasteiger partial charge in [0.25, 0.3) is 11.8 Å². The number of carbonyl (C=O) groups excluding carboxylic acids is 2. The molecule has 0 unspecified atom stereocenters. The van der Waals surface area contributed by atoms with Crippen molar-refractivity contribution in [2.45, 2.75) is 39.7 Å².